The fourth-order valence-corrected chi connectivity index (χ4v) is 2.69. The summed E-state index contributed by atoms with van der Waals surface area (Å²) < 4.78 is 1.95. The summed E-state index contributed by atoms with van der Waals surface area (Å²) >= 11 is 0. The standard InChI is InChI=1S/C13H26N6/c1-2-3-8-19-13(15-16-17-19)11-18-9-5-12(4-7-14)6-10-18/h12H,2-11,14H2,1H3. The van der Waals surface area contributed by atoms with Crippen molar-refractivity contribution < 1.29 is 0 Å². The Hall–Kier alpha value is -1.01. The second-order valence-corrected chi connectivity index (χ2v) is 5.47. The summed E-state index contributed by atoms with van der Waals surface area (Å²) in [6.07, 6.45) is 5.99. The second-order valence-electron chi connectivity index (χ2n) is 5.47. The van der Waals surface area contributed by atoms with Crippen molar-refractivity contribution in [2.75, 3.05) is 19.6 Å². The topological polar surface area (TPSA) is 72.9 Å². The second kappa shape index (κ2) is 7.55. The zero-order valence-corrected chi connectivity index (χ0v) is 12.0. The lowest BCUT2D eigenvalue weighted by Crippen LogP contribution is -2.34. The van der Waals surface area contributed by atoms with E-state index in [9.17, 15) is 0 Å². The average Bonchev–Trinajstić information content (AvgIpc) is 2.86. The summed E-state index contributed by atoms with van der Waals surface area (Å²) in [4.78, 5) is 2.46. The molecular formula is C13H26N6. The average molecular weight is 266 g/mol. The van der Waals surface area contributed by atoms with Crippen LogP contribution in [0.25, 0.3) is 0 Å². The van der Waals surface area contributed by atoms with Gasteiger partial charge in [0.05, 0.1) is 6.54 Å². The first-order valence-electron chi connectivity index (χ1n) is 7.51. The summed E-state index contributed by atoms with van der Waals surface area (Å²) in [7, 11) is 0. The fraction of sp³-hybridized carbons (Fsp3) is 0.923. The molecule has 2 rings (SSSR count). The van der Waals surface area contributed by atoms with Crippen LogP contribution in [-0.4, -0.2) is 44.7 Å². The quantitative estimate of drug-likeness (QED) is 0.798. The molecule has 1 fully saturated rings. The highest BCUT2D eigenvalue weighted by atomic mass is 15.5. The molecule has 0 aromatic carbocycles. The van der Waals surface area contributed by atoms with Crippen LogP contribution in [0.5, 0.6) is 0 Å². The molecule has 0 aliphatic carbocycles. The zero-order valence-electron chi connectivity index (χ0n) is 12.0. The lowest BCUT2D eigenvalue weighted by Gasteiger charge is -2.31. The summed E-state index contributed by atoms with van der Waals surface area (Å²) in [5.41, 5.74) is 5.63. The first-order valence-corrected chi connectivity index (χ1v) is 7.51. The van der Waals surface area contributed by atoms with Gasteiger partial charge in [-0.3, -0.25) is 4.90 Å². The minimum atomic E-state index is 0.817. The maximum absolute atomic E-state index is 5.63. The molecule has 6 nitrogen and oxygen atoms in total. The van der Waals surface area contributed by atoms with Crippen molar-refractivity contribution in [3.63, 3.8) is 0 Å². The smallest absolute Gasteiger partial charge is 0.165 e. The third-order valence-corrected chi connectivity index (χ3v) is 3.98. The predicted octanol–water partition coefficient (Wildman–Crippen LogP) is 1.03. The van der Waals surface area contributed by atoms with E-state index in [1.807, 2.05) is 4.68 Å². The van der Waals surface area contributed by atoms with E-state index >= 15 is 0 Å². The van der Waals surface area contributed by atoms with Gasteiger partial charge in [-0.25, -0.2) is 4.68 Å². The summed E-state index contributed by atoms with van der Waals surface area (Å²) in [6.45, 7) is 7.11. The van der Waals surface area contributed by atoms with Gasteiger partial charge in [0.2, 0.25) is 0 Å². The van der Waals surface area contributed by atoms with Crippen molar-refractivity contribution in [3.8, 4) is 0 Å². The summed E-state index contributed by atoms with van der Waals surface area (Å²) in [5.74, 6) is 1.82. The van der Waals surface area contributed by atoms with Gasteiger partial charge in [-0.2, -0.15) is 0 Å². The number of aromatic nitrogens is 4. The molecule has 0 amide bonds. The number of rotatable bonds is 7. The number of hydrogen-bond donors (Lipinski definition) is 1. The van der Waals surface area contributed by atoms with Crippen molar-refractivity contribution in [2.45, 2.75) is 52.1 Å². The Balaban J connectivity index is 1.80. The molecule has 1 aromatic heterocycles. The number of hydrogen-bond acceptors (Lipinski definition) is 5. The van der Waals surface area contributed by atoms with Crippen LogP contribution in [0.2, 0.25) is 0 Å². The van der Waals surface area contributed by atoms with Crippen molar-refractivity contribution >= 4 is 0 Å². The molecule has 1 saturated heterocycles. The van der Waals surface area contributed by atoms with Crippen LogP contribution in [-0.2, 0) is 13.1 Å². The number of piperidine rings is 1. The van der Waals surface area contributed by atoms with Gasteiger partial charge >= 0.3 is 0 Å². The highest BCUT2D eigenvalue weighted by Crippen LogP contribution is 2.20. The zero-order chi connectivity index (χ0) is 13.5. The number of unbranched alkanes of at least 4 members (excludes halogenated alkanes) is 1. The van der Waals surface area contributed by atoms with E-state index < -0.39 is 0 Å². The number of nitrogens with two attached hydrogens (primary N) is 1. The third kappa shape index (κ3) is 4.24. The lowest BCUT2D eigenvalue weighted by atomic mass is 9.94. The van der Waals surface area contributed by atoms with E-state index in [4.69, 9.17) is 5.73 Å². The van der Waals surface area contributed by atoms with E-state index in [0.717, 1.165) is 50.9 Å². The van der Waals surface area contributed by atoms with E-state index in [1.165, 1.54) is 25.7 Å². The number of likely N-dealkylation sites (tertiary alicyclic amines) is 1. The minimum absolute atomic E-state index is 0.817. The van der Waals surface area contributed by atoms with Crippen LogP contribution < -0.4 is 5.73 Å². The van der Waals surface area contributed by atoms with Crippen molar-refractivity contribution in [2.24, 2.45) is 11.7 Å². The van der Waals surface area contributed by atoms with E-state index in [-0.39, 0.29) is 0 Å². The maximum Gasteiger partial charge on any atom is 0.165 e. The van der Waals surface area contributed by atoms with Crippen molar-refractivity contribution in [1.82, 2.24) is 25.1 Å². The van der Waals surface area contributed by atoms with Crippen molar-refractivity contribution in [1.29, 1.82) is 0 Å². The Morgan fingerprint density at radius 1 is 1.32 bits per heavy atom. The SMILES string of the molecule is CCCCn1nnnc1CN1CCC(CCN)CC1. The Labute approximate surface area is 115 Å². The molecule has 1 aromatic rings. The molecule has 0 bridgehead atoms. The predicted molar refractivity (Wildman–Crippen MR) is 74.4 cm³/mol. The normalized spacial score (nSPS) is 18.0. The van der Waals surface area contributed by atoms with E-state index in [2.05, 4.69) is 27.3 Å². The molecule has 6 heteroatoms. The van der Waals surface area contributed by atoms with Crippen LogP contribution in [0.1, 0.15) is 44.9 Å². The number of aryl methyl sites for hydroxylation is 1. The van der Waals surface area contributed by atoms with Gasteiger partial charge in [0.15, 0.2) is 5.82 Å². The molecule has 1 aliphatic rings. The molecule has 0 saturated carbocycles. The highest BCUT2D eigenvalue weighted by Gasteiger charge is 2.20. The van der Waals surface area contributed by atoms with Crippen molar-refractivity contribution in [3.05, 3.63) is 5.82 Å². The summed E-state index contributed by atoms with van der Waals surface area (Å²) in [5, 5.41) is 12.0. The molecule has 19 heavy (non-hydrogen) atoms. The van der Waals surface area contributed by atoms with Gasteiger partial charge in [-0.05, 0) is 61.7 Å². The molecule has 0 radical (unpaired) electrons. The monoisotopic (exact) mass is 266 g/mol. The molecule has 2 N–H and O–H groups in total. The minimum Gasteiger partial charge on any atom is -0.330 e. The molecule has 1 aliphatic heterocycles. The Kier molecular flexibility index (Phi) is 5.72. The molecule has 2 heterocycles. The van der Waals surface area contributed by atoms with Gasteiger partial charge in [-0.15, -0.1) is 5.10 Å². The van der Waals surface area contributed by atoms with Crippen LogP contribution in [0.4, 0.5) is 0 Å². The molecule has 0 unspecified atom stereocenters. The van der Waals surface area contributed by atoms with Crippen LogP contribution in [0.3, 0.4) is 0 Å². The Bertz CT molecular complexity index is 356. The Morgan fingerprint density at radius 3 is 2.79 bits per heavy atom. The van der Waals surface area contributed by atoms with Gasteiger partial charge < -0.3 is 5.73 Å². The number of nitrogens with zero attached hydrogens (tertiary/aromatic N) is 5. The summed E-state index contributed by atoms with van der Waals surface area (Å²) in [6, 6.07) is 0. The molecule has 0 spiro atoms. The molecule has 108 valence electrons. The number of tetrazole rings is 1. The van der Waals surface area contributed by atoms with Gasteiger partial charge in [0.1, 0.15) is 0 Å². The third-order valence-electron chi connectivity index (χ3n) is 3.98. The highest BCUT2D eigenvalue weighted by molar-refractivity contribution is 4.83. The largest absolute Gasteiger partial charge is 0.330 e. The van der Waals surface area contributed by atoms with Gasteiger partial charge in [-0.1, -0.05) is 13.3 Å². The lowest BCUT2D eigenvalue weighted by molar-refractivity contribution is 0.167. The van der Waals surface area contributed by atoms with Crippen LogP contribution in [0, 0.1) is 5.92 Å². The van der Waals surface area contributed by atoms with Crippen LogP contribution >= 0.6 is 0 Å². The molecular weight excluding hydrogens is 240 g/mol. The first kappa shape index (κ1) is 14.4. The van der Waals surface area contributed by atoms with Gasteiger partial charge in [0.25, 0.3) is 0 Å². The maximum atomic E-state index is 5.63. The molecule has 0 atom stereocenters. The van der Waals surface area contributed by atoms with Crippen LogP contribution in [0.15, 0.2) is 0 Å². The van der Waals surface area contributed by atoms with E-state index in [0.29, 0.717) is 0 Å². The van der Waals surface area contributed by atoms with E-state index in [1.54, 1.807) is 0 Å². The fourth-order valence-electron chi connectivity index (χ4n) is 2.69. The Morgan fingerprint density at radius 2 is 2.11 bits per heavy atom. The first-order chi connectivity index (χ1) is 9.33. The van der Waals surface area contributed by atoms with Gasteiger partial charge in [0, 0.05) is 6.54 Å².